The molecule has 0 atom stereocenters. The van der Waals surface area contributed by atoms with Gasteiger partial charge in [0.25, 0.3) is 0 Å². The fraction of sp³-hybridized carbons (Fsp3) is 0. The van der Waals surface area contributed by atoms with E-state index in [0.717, 1.165) is 14.0 Å². The third-order valence-electron chi connectivity index (χ3n) is 1.17. The van der Waals surface area contributed by atoms with E-state index in [1.807, 2.05) is 12.3 Å². The largest absolute Gasteiger partial charge is 0.243 e. The molecule has 2 heterocycles. The molecule has 0 unspecified atom stereocenters. The van der Waals surface area contributed by atoms with Crippen molar-refractivity contribution in [1.29, 1.82) is 0 Å². The average molecular weight is 215 g/mol. The van der Waals surface area contributed by atoms with Crippen molar-refractivity contribution >= 4 is 37.5 Å². The molecule has 4 heteroatoms. The van der Waals surface area contributed by atoms with Gasteiger partial charge in [0.15, 0.2) is 0 Å². The number of aromatic nitrogens is 2. The molecule has 2 nitrogen and oxygen atoms in total. The number of hydrogen-bond donors (Lipinski definition) is 0. The summed E-state index contributed by atoms with van der Waals surface area (Å²) in [5.41, 5.74) is 1.01. The molecule has 10 heavy (non-hydrogen) atoms. The molecule has 0 spiro atoms. The van der Waals surface area contributed by atoms with Crippen LogP contribution in [0.1, 0.15) is 0 Å². The second-order valence-electron chi connectivity index (χ2n) is 1.82. The standard InChI is InChI=1S/C6H3BrN2S/c7-6-1-4-5(10-6)2-8-3-9-4/h1-3H. The molecule has 0 N–H and O–H groups in total. The van der Waals surface area contributed by atoms with Gasteiger partial charge in [0, 0.05) is 6.20 Å². The van der Waals surface area contributed by atoms with Gasteiger partial charge >= 0.3 is 0 Å². The first-order chi connectivity index (χ1) is 4.86. The topological polar surface area (TPSA) is 25.8 Å². The van der Waals surface area contributed by atoms with Crippen molar-refractivity contribution in [3.8, 4) is 0 Å². The summed E-state index contributed by atoms with van der Waals surface area (Å²) < 4.78 is 2.22. The normalized spacial score (nSPS) is 10.5. The number of halogens is 1. The molecule has 2 aromatic heterocycles. The van der Waals surface area contributed by atoms with Gasteiger partial charge in [0.05, 0.1) is 14.0 Å². The maximum atomic E-state index is 4.07. The van der Waals surface area contributed by atoms with E-state index in [-0.39, 0.29) is 0 Å². The molecule has 0 saturated heterocycles. The number of nitrogens with zero attached hydrogens (tertiary/aromatic N) is 2. The smallest absolute Gasteiger partial charge is 0.116 e. The highest BCUT2D eigenvalue weighted by Gasteiger charge is 1.97. The highest BCUT2D eigenvalue weighted by molar-refractivity contribution is 9.11. The fourth-order valence-corrected chi connectivity index (χ4v) is 2.21. The van der Waals surface area contributed by atoms with E-state index in [1.165, 1.54) is 0 Å². The molecule has 2 aromatic rings. The zero-order chi connectivity index (χ0) is 6.97. The number of hydrogen-bond acceptors (Lipinski definition) is 3. The molecule has 0 aliphatic rings. The van der Waals surface area contributed by atoms with Crippen LogP contribution in [0.3, 0.4) is 0 Å². The summed E-state index contributed by atoms with van der Waals surface area (Å²) >= 11 is 5.02. The Hall–Kier alpha value is -0.480. The Labute approximate surface area is 70.1 Å². The van der Waals surface area contributed by atoms with Gasteiger partial charge in [-0.05, 0) is 22.0 Å². The van der Waals surface area contributed by atoms with Crippen LogP contribution in [0.4, 0.5) is 0 Å². The number of rotatable bonds is 0. The third-order valence-corrected chi connectivity index (χ3v) is 2.73. The van der Waals surface area contributed by atoms with E-state index in [0.29, 0.717) is 0 Å². The number of fused-ring (bicyclic) bond motifs is 1. The fourth-order valence-electron chi connectivity index (χ4n) is 0.755. The number of thiophene rings is 1. The molecule has 0 aromatic carbocycles. The lowest BCUT2D eigenvalue weighted by Gasteiger charge is -1.80. The minimum Gasteiger partial charge on any atom is -0.243 e. The summed E-state index contributed by atoms with van der Waals surface area (Å²) in [6, 6.07) is 1.99. The van der Waals surface area contributed by atoms with Gasteiger partial charge in [0.1, 0.15) is 6.33 Å². The van der Waals surface area contributed by atoms with Gasteiger partial charge in [-0.2, -0.15) is 0 Å². The van der Waals surface area contributed by atoms with Crippen LogP contribution in [0.2, 0.25) is 0 Å². The summed E-state index contributed by atoms with van der Waals surface area (Å²) in [7, 11) is 0. The Morgan fingerprint density at radius 1 is 1.50 bits per heavy atom. The van der Waals surface area contributed by atoms with Crippen molar-refractivity contribution in [2.24, 2.45) is 0 Å². The predicted molar refractivity (Wildman–Crippen MR) is 45.1 cm³/mol. The van der Waals surface area contributed by atoms with E-state index >= 15 is 0 Å². The first-order valence-corrected chi connectivity index (χ1v) is 4.32. The summed E-state index contributed by atoms with van der Waals surface area (Å²) in [6.45, 7) is 0. The van der Waals surface area contributed by atoms with Crippen molar-refractivity contribution in [1.82, 2.24) is 9.97 Å². The van der Waals surface area contributed by atoms with Crippen LogP contribution >= 0.6 is 27.3 Å². The van der Waals surface area contributed by atoms with Crippen LogP contribution in [0.25, 0.3) is 10.2 Å². The van der Waals surface area contributed by atoms with E-state index in [4.69, 9.17) is 0 Å². The van der Waals surface area contributed by atoms with E-state index < -0.39 is 0 Å². The van der Waals surface area contributed by atoms with Crippen molar-refractivity contribution in [2.75, 3.05) is 0 Å². The van der Waals surface area contributed by atoms with Crippen molar-refractivity contribution in [3.63, 3.8) is 0 Å². The predicted octanol–water partition coefficient (Wildman–Crippen LogP) is 2.45. The lowest BCUT2D eigenvalue weighted by atomic mass is 10.5. The SMILES string of the molecule is Brc1cc2ncncc2s1. The summed E-state index contributed by atoms with van der Waals surface area (Å²) in [5, 5.41) is 0. The summed E-state index contributed by atoms with van der Waals surface area (Å²) in [6.07, 6.45) is 3.37. The zero-order valence-corrected chi connectivity index (χ0v) is 7.32. The third kappa shape index (κ3) is 0.932. The Morgan fingerprint density at radius 2 is 2.40 bits per heavy atom. The van der Waals surface area contributed by atoms with Crippen LogP contribution in [-0.4, -0.2) is 9.97 Å². The molecule has 0 aliphatic heterocycles. The Bertz CT molecular complexity index is 324. The molecule has 0 amide bonds. The van der Waals surface area contributed by atoms with Crippen LogP contribution < -0.4 is 0 Å². The minimum atomic E-state index is 1.01. The van der Waals surface area contributed by atoms with Gasteiger partial charge in [0.2, 0.25) is 0 Å². The summed E-state index contributed by atoms with van der Waals surface area (Å²) in [4.78, 5) is 7.98. The van der Waals surface area contributed by atoms with Crippen molar-refractivity contribution < 1.29 is 0 Å². The van der Waals surface area contributed by atoms with Crippen LogP contribution in [0, 0.1) is 0 Å². The maximum Gasteiger partial charge on any atom is 0.116 e. The molecular formula is C6H3BrN2S. The molecule has 50 valence electrons. The molecule has 0 fully saturated rings. The van der Waals surface area contributed by atoms with Crippen molar-refractivity contribution in [3.05, 3.63) is 22.4 Å². The monoisotopic (exact) mass is 214 g/mol. The lowest BCUT2D eigenvalue weighted by molar-refractivity contribution is 1.23. The van der Waals surface area contributed by atoms with Gasteiger partial charge in [-0.3, -0.25) is 0 Å². The van der Waals surface area contributed by atoms with E-state index in [1.54, 1.807) is 17.7 Å². The molecule has 0 aliphatic carbocycles. The van der Waals surface area contributed by atoms with Crippen LogP contribution in [0.15, 0.2) is 22.4 Å². The van der Waals surface area contributed by atoms with Gasteiger partial charge in [-0.15, -0.1) is 11.3 Å². The molecule has 2 rings (SSSR count). The van der Waals surface area contributed by atoms with Gasteiger partial charge in [-0.25, -0.2) is 9.97 Å². The van der Waals surface area contributed by atoms with Gasteiger partial charge in [-0.1, -0.05) is 0 Å². The zero-order valence-electron chi connectivity index (χ0n) is 4.91. The average Bonchev–Trinajstić information content (AvgIpc) is 2.27. The highest BCUT2D eigenvalue weighted by atomic mass is 79.9. The Balaban J connectivity index is 2.88. The molecule has 0 radical (unpaired) electrons. The maximum absolute atomic E-state index is 4.07. The second kappa shape index (κ2) is 2.29. The highest BCUT2D eigenvalue weighted by Crippen LogP contribution is 2.26. The molecule has 0 saturated carbocycles. The Kier molecular flexibility index (Phi) is 1.43. The first kappa shape index (κ1) is 6.24. The minimum absolute atomic E-state index is 1.01. The second-order valence-corrected chi connectivity index (χ2v) is 4.29. The Morgan fingerprint density at radius 3 is 3.20 bits per heavy atom. The van der Waals surface area contributed by atoms with Crippen LogP contribution in [-0.2, 0) is 0 Å². The van der Waals surface area contributed by atoms with Gasteiger partial charge < -0.3 is 0 Å². The quantitative estimate of drug-likeness (QED) is 0.674. The molecule has 0 bridgehead atoms. The first-order valence-electron chi connectivity index (χ1n) is 2.71. The molecular weight excluding hydrogens is 212 g/mol. The van der Waals surface area contributed by atoms with Crippen molar-refractivity contribution in [2.45, 2.75) is 0 Å². The van der Waals surface area contributed by atoms with E-state index in [2.05, 4.69) is 25.9 Å². The summed E-state index contributed by atoms with van der Waals surface area (Å²) in [5.74, 6) is 0. The van der Waals surface area contributed by atoms with Crippen LogP contribution in [0.5, 0.6) is 0 Å². The lowest BCUT2D eigenvalue weighted by Crippen LogP contribution is -1.72. The van der Waals surface area contributed by atoms with E-state index in [9.17, 15) is 0 Å².